The minimum absolute atomic E-state index is 0.0397. The molecule has 4 nitrogen and oxygen atoms in total. The molecule has 3 N–H and O–H groups in total. The predicted molar refractivity (Wildman–Crippen MR) is 87.1 cm³/mol. The first-order valence-corrected chi connectivity index (χ1v) is 8.11. The molecule has 0 bridgehead atoms. The lowest BCUT2D eigenvalue weighted by molar-refractivity contribution is -0.137. The Morgan fingerprint density at radius 2 is 1.92 bits per heavy atom. The second-order valence-electron chi connectivity index (χ2n) is 5.55. The molecular weight excluding hydrogens is 365 g/mol. The van der Waals surface area contributed by atoms with E-state index in [1.54, 1.807) is 13.8 Å². The number of nitrogens with one attached hydrogen (secondary N) is 1. The summed E-state index contributed by atoms with van der Waals surface area (Å²) in [6.45, 7) is 3.41. The minimum Gasteiger partial charge on any atom is -0.368 e. The van der Waals surface area contributed by atoms with Crippen LogP contribution < -0.4 is 11.1 Å². The van der Waals surface area contributed by atoms with E-state index < -0.39 is 29.6 Å². The summed E-state index contributed by atoms with van der Waals surface area (Å²) in [7, 11) is 0. The van der Waals surface area contributed by atoms with Crippen molar-refractivity contribution in [1.29, 1.82) is 0 Å². The fourth-order valence-electron chi connectivity index (χ4n) is 2.16. The number of carbonyl (C=O) groups excluding carboxylic acids is 2. The van der Waals surface area contributed by atoms with Crippen LogP contribution in [-0.2, 0) is 11.0 Å². The van der Waals surface area contributed by atoms with Crippen molar-refractivity contribution in [2.24, 2.45) is 11.7 Å². The zero-order valence-electron chi connectivity index (χ0n) is 12.7. The van der Waals surface area contributed by atoms with Crippen molar-refractivity contribution in [2.45, 2.75) is 26.1 Å². The van der Waals surface area contributed by atoms with Crippen LogP contribution in [0.2, 0.25) is 5.02 Å². The Morgan fingerprint density at radius 3 is 2.42 bits per heavy atom. The van der Waals surface area contributed by atoms with Crippen LogP contribution >= 0.6 is 22.9 Å². The number of carbonyl (C=O) groups is 2. The van der Waals surface area contributed by atoms with Crippen molar-refractivity contribution in [1.82, 2.24) is 5.32 Å². The molecule has 0 aliphatic heterocycles. The van der Waals surface area contributed by atoms with Crippen LogP contribution in [0.4, 0.5) is 13.2 Å². The first-order valence-electron chi connectivity index (χ1n) is 6.91. The molecule has 1 heterocycles. The molecule has 1 atom stereocenters. The number of halogens is 4. The van der Waals surface area contributed by atoms with E-state index in [0.717, 1.165) is 23.5 Å². The van der Waals surface area contributed by atoms with Crippen LogP contribution in [-0.4, -0.2) is 17.9 Å². The summed E-state index contributed by atoms with van der Waals surface area (Å²) in [5.41, 5.74) is 4.41. The summed E-state index contributed by atoms with van der Waals surface area (Å²) in [5.74, 6) is -1.58. The highest BCUT2D eigenvalue weighted by Crippen LogP contribution is 2.39. The number of hydrogen-bond acceptors (Lipinski definition) is 3. The maximum Gasteiger partial charge on any atom is 0.416 e. The van der Waals surface area contributed by atoms with E-state index in [4.69, 9.17) is 17.3 Å². The van der Waals surface area contributed by atoms with Gasteiger partial charge in [-0.2, -0.15) is 13.2 Å². The van der Waals surface area contributed by atoms with Gasteiger partial charge in [0.15, 0.2) is 0 Å². The van der Waals surface area contributed by atoms with Gasteiger partial charge in [-0.3, -0.25) is 9.59 Å². The number of primary amides is 1. The van der Waals surface area contributed by atoms with Crippen LogP contribution in [0.5, 0.6) is 0 Å². The molecule has 0 spiro atoms. The summed E-state index contributed by atoms with van der Waals surface area (Å²) < 4.78 is 38.6. The van der Waals surface area contributed by atoms with Gasteiger partial charge in [-0.25, -0.2) is 0 Å². The van der Waals surface area contributed by atoms with E-state index in [-0.39, 0.29) is 20.5 Å². The maximum absolute atomic E-state index is 12.8. The third-order valence-corrected chi connectivity index (χ3v) is 5.08. The van der Waals surface area contributed by atoms with E-state index in [9.17, 15) is 22.8 Å². The van der Waals surface area contributed by atoms with Gasteiger partial charge in [0.05, 0.1) is 10.6 Å². The Hall–Kier alpha value is -1.80. The number of fused-ring (bicyclic) bond motifs is 1. The largest absolute Gasteiger partial charge is 0.416 e. The summed E-state index contributed by atoms with van der Waals surface area (Å²) in [5, 5.41) is 2.87. The van der Waals surface area contributed by atoms with Crippen molar-refractivity contribution in [3.8, 4) is 0 Å². The Morgan fingerprint density at radius 1 is 1.29 bits per heavy atom. The first-order chi connectivity index (χ1) is 11.0. The molecule has 24 heavy (non-hydrogen) atoms. The smallest absolute Gasteiger partial charge is 0.368 e. The molecule has 0 fully saturated rings. The topological polar surface area (TPSA) is 72.2 Å². The molecule has 0 saturated carbocycles. The average Bonchev–Trinajstić information content (AvgIpc) is 2.79. The number of nitrogens with two attached hydrogens (primary N) is 1. The minimum atomic E-state index is -4.48. The van der Waals surface area contributed by atoms with Gasteiger partial charge in [-0.15, -0.1) is 11.3 Å². The fourth-order valence-corrected chi connectivity index (χ4v) is 3.62. The molecular formula is C15H14ClF3N2O2S. The van der Waals surface area contributed by atoms with Gasteiger partial charge < -0.3 is 11.1 Å². The van der Waals surface area contributed by atoms with Gasteiger partial charge in [-0.1, -0.05) is 31.5 Å². The molecule has 9 heteroatoms. The van der Waals surface area contributed by atoms with Crippen molar-refractivity contribution < 1.29 is 22.8 Å². The molecule has 0 saturated heterocycles. The van der Waals surface area contributed by atoms with Crippen LogP contribution in [0.15, 0.2) is 18.2 Å². The van der Waals surface area contributed by atoms with Crippen molar-refractivity contribution in [2.75, 3.05) is 0 Å². The number of amides is 2. The first kappa shape index (κ1) is 18.5. The Labute approximate surface area is 144 Å². The lowest BCUT2D eigenvalue weighted by atomic mass is 10.0. The molecule has 0 unspecified atom stereocenters. The monoisotopic (exact) mass is 378 g/mol. The molecule has 2 rings (SSSR count). The van der Waals surface area contributed by atoms with Crippen LogP contribution in [0.25, 0.3) is 10.1 Å². The van der Waals surface area contributed by atoms with E-state index in [1.165, 1.54) is 6.07 Å². The predicted octanol–water partition coefficient (Wildman–Crippen LogP) is 3.81. The highest BCUT2D eigenvalue weighted by molar-refractivity contribution is 7.21. The molecule has 130 valence electrons. The van der Waals surface area contributed by atoms with Crippen LogP contribution in [0.1, 0.15) is 29.1 Å². The molecule has 2 aromatic rings. The highest BCUT2D eigenvalue weighted by atomic mass is 35.5. The van der Waals surface area contributed by atoms with Gasteiger partial charge in [-0.05, 0) is 18.1 Å². The standard InChI is InChI=1S/C15H14ClF3N2O2S/c1-6(2)11(13(20)22)21-14(23)12-10(16)8-4-3-7(15(17,18)19)5-9(8)24-12/h3-6,11H,1-2H3,(H2,20,22)(H,21,23)/t11-/m0/s1. The van der Waals surface area contributed by atoms with Gasteiger partial charge in [0.2, 0.25) is 5.91 Å². The molecule has 0 radical (unpaired) electrons. The highest BCUT2D eigenvalue weighted by Gasteiger charge is 2.31. The number of benzene rings is 1. The quantitative estimate of drug-likeness (QED) is 0.849. The SMILES string of the molecule is CC(C)[C@H](NC(=O)c1sc2cc(C(F)(F)F)ccc2c1Cl)C(N)=O. The second kappa shape index (κ2) is 6.60. The molecule has 0 aliphatic carbocycles. The van der Waals surface area contributed by atoms with E-state index in [2.05, 4.69) is 5.32 Å². The number of rotatable bonds is 4. The van der Waals surface area contributed by atoms with E-state index >= 15 is 0 Å². The molecule has 1 aromatic carbocycles. The zero-order chi connectivity index (χ0) is 18.2. The third kappa shape index (κ3) is 3.64. The Kier molecular flexibility index (Phi) is 5.10. The van der Waals surface area contributed by atoms with Gasteiger partial charge in [0, 0.05) is 10.1 Å². The van der Waals surface area contributed by atoms with Crippen molar-refractivity contribution >= 4 is 44.8 Å². The Balaban J connectivity index is 2.40. The lowest BCUT2D eigenvalue weighted by Gasteiger charge is -2.18. The molecule has 0 aliphatic rings. The molecule has 1 aromatic heterocycles. The fraction of sp³-hybridized carbons (Fsp3) is 0.333. The second-order valence-corrected chi connectivity index (χ2v) is 6.98. The average molecular weight is 379 g/mol. The van der Waals surface area contributed by atoms with Gasteiger partial charge in [0.25, 0.3) is 5.91 Å². The van der Waals surface area contributed by atoms with E-state index in [0.29, 0.717) is 5.39 Å². The summed E-state index contributed by atoms with van der Waals surface area (Å²) in [6.07, 6.45) is -4.48. The van der Waals surface area contributed by atoms with E-state index in [1.807, 2.05) is 0 Å². The number of alkyl halides is 3. The number of hydrogen-bond donors (Lipinski definition) is 2. The van der Waals surface area contributed by atoms with Crippen molar-refractivity contribution in [3.63, 3.8) is 0 Å². The Bertz CT molecular complexity index is 802. The maximum atomic E-state index is 12.8. The van der Waals surface area contributed by atoms with Gasteiger partial charge in [0.1, 0.15) is 10.9 Å². The molecule has 2 amide bonds. The van der Waals surface area contributed by atoms with Gasteiger partial charge >= 0.3 is 6.18 Å². The number of thiophene rings is 1. The summed E-state index contributed by atoms with van der Waals surface area (Å²) in [4.78, 5) is 23.7. The zero-order valence-corrected chi connectivity index (χ0v) is 14.3. The summed E-state index contributed by atoms with van der Waals surface area (Å²) in [6, 6.07) is 2.17. The normalized spacial score (nSPS) is 13.3. The summed E-state index contributed by atoms with van der Waals surface area (Å²) >= 11 is 6.94. The van der Waals surface area contributed by atoms with Crippen molar-refractivity contribution in [3.05, 3.63) is 33.7 Å². The lowest BCUT2D eigenvalue weighted by Crippen LogP contribution is -2.47. The third-order valence-electron chi connectivity index (χ3n) is 3.42. The van der Waals surface area contributed by atoms with Crippen LogP contribution in [0, 0.1) is 5.92 Å². The van der Waals surface area contributed by atoms with Crippen LogP contribution in [0.3, 0.4) is 0 Å².